The van der Waals surface area contributed by atoms with Gasteiger partial charge in [-0.1, -0.05) is 13.8 Å². The largest absolute Gasteiger partial charge is 0.494 e. The zero-order valence-electron chi connectivity index (χ0n) is 19.0. The maximum atomic E-state index is 14.2. The minimum atomic E-state index is -1.23. The molecule has 3 heterocycles. The molecule has 4 aromatic rings. The van der Waals surface area contributed by atoms with Gasteiger partial charge in [-0.25, -0.2) is 9.18 Å². The molecule has 1 saturated heterocycles. The Morgan fingerprint density at radius 1 is 1.36 bits per heavy atom. The number of benzene rings is 2. The van der Waals surface area contributed by atoms with Crippen LogP contribution in [0.4, 0.5) is 4.39 Å². The number of aliphatic carboxylic acids is 1. The van der Waals surface area contributed by atoms with Gasteiger partial charge in [-0.3, -0.25) is 5.10 Å². The number of hydrogen-bond donors (Lipinski definition) is 2. The quantitative estimate of drug-likeness (QED) is 0.439. The highest BCUT2D eigenvalue weighted by molar-refractivity contribution is 5.99. The molecule has 7 nitrogen and oxygen atoms in total. The molecule has 2 aromatic heterocycles. The van der Waals surface area contributed by atoms with Crippen molar-refractivity contribution in [2.24, 2.45) is 0 Å². The van der Waals surface area contributed by atoms with Crippen molar-refractivity contribution >= 4 is 27.8 Å². The Kier molecular flexibility index (Phi) is 4.93. The van der Waals surface area contributed by atoms with E-state index in [0.717, 1.165) is 38.8 Å². The van der Waals surface area contributed by atoms with Gasteiger partial charge in [-0.05, 0) is 49.1 Å². The third-order valence-corrected chi connectivity index (χ3v) is 6.64. The van der Waals surface area contributed by atoms with Crippen LogP contribution in [0.2, 0.25) is 0 Å². The first-order chi connectivity index (χ1) is 15.7. The number of nitrogens with zero attached hydrogens (tertiary/aromatic N) is 2. The molecule has 0 aliphatic carbocycles. The van der Waals surface area contributed by atoms with Crippen LogP contribution in [0.1, 0.15) is 50.3 Å². The van der Waals surface area contributed by atoms with Crippen molar-refractivity contribution in [3.05, 3.63) is 53.6 Å². The van der Waals surface area contributed by atoms with Crippen molar-refractivity contribution < 1.29 is 23.8 Å². The van der Waals surface area contributed by atoms with Gasteiger partial charge in [0, 0.05) is 34.1 Å². The lowest BCUT2D eigenvalue weighted by atomic mass is 9.86. The number of carboxylic acid groups (broad SMARTS) is 1. The summed E-state index contributed by atoms with van der Waals surface area (Å²) >= 11 is 0. The molecule has 0 saturated carbocycles. The van der Waals surface area contributed by atoms with Crippen LogP contribution >= 0.6 is 0 Å². The predicted octanol–water partition coefficient (Wildman–Crippen LogP) is 5.13. The van der Waals surface area contributed by atoms with Gasteiger partial charge in [-0.15, -0.1) is 0 Å². The van der Waals surface area contributed by atoms with E-state index < -0.39 is 17.4 Å². The summed E-state index contributed by atoms with van der Waals surface area (Å²) in [5.74, 6) is -1.22. The number of fused-ring (bicyclic) bond motifs is 2. The number of aromatic amines is 1. The highest BCUT2D eigenvalue weighted by Crippen LogP contribution is 2.46. The molecule has 2 atom stereocenters. The van der Waals surface area contributed by atoms with Crippen molar-refractivity contribution in [2.75, 3.05) is 13.7 Å². The molecule has 0 amide bonds. The number of ether oxygens (including phenoxy) is 2. The Balaban J connectivity index is 1.83. The molecule has 0 bridgehead atoms. The van der Waals surface area contributed by atoms with E-state index in [1.54, 1.807) is 25.3 Å². The fourth-order valence-corrected chi connectivity index (χ4v) is 5.04. The molecule has 2 N–H and O–H groups in total. The molecular formula is C25H26FN3O4. The first-order valence-corrected chi connectivity index (χ1v) is 11.0. The number of hydrogen-bond acceptors (Lipinski definition) is 4. The van der Waals surface area contributed by atoms with E-state index in [1.165, 1.54) is 13.2 Å². The molecule has 1 fully saturated rings. The van der Waals surface area contributed by atoms with E-state index in [2.05, 4.69) is 40.7 Å². The second-order valence-electron chi connectivity index (χ2n) is 9.18. The minimum Gasteiger partial charge on any atom is -0.494 e. The van der Waals surface area contributed by atoms with Crippen molar-refractivity contribution in [3.8, 4) is 11.4 Å². The van der Waals surface area contributed by atoms with Crippen LogP contribution in [0, 0.1) is 5.82 Å². The number of halogens is 1. The lowest BCUT2D eigenvalue weighted by molar-refractivity contribution is -0.157. The Morgan fingerprint density at radius 3 is 2.82 bits per heavy atom. The van der Waals surface area contributed by atoms with Crippen LogP contribution in [-0.4, -0.2) is 45.2 Å². The van der Waals surface area contributed by atoms with E-state index >= 15 is 0 Å². The van der Waals surface area contributed by atoms with Gasteiger partial charge in [0.1, 0.15) is 0 Å². The van der Waals surface area contributed by atoms with E-state index in [9.17, 15) is 14.3 Å². The summed E-state index contributed by atoms with van der Waals surface area (Å²) in [6.45, 7) is 6.15. The first kappa shape index (κ1) is 21.5. The van der Waals surface area contributed by atoms with Crippen LogP contribution in [0.3, 0.4) is 0 Å². The smallest absolute Gasteiger partial charge is 0.335 e. The summed E-state index contributed by atoms with van der Waals surface area (Å²) in [5.41, 5.74) is 3.49. The van der Waals surface area contributed by atoms with E-state index in [-0.39, 0.29) is 17.6 Å². The van der Waals surface area contributed by atoms with Crippen LogP contribution in [0.5, 0.6) is 5.75 Å². The van der Waals surface area contributed by atoms with Gasteiger partial charge in [0.05, 0.1) is 30.9 Å². The summed E-state index contributed by atoms with van der Waals surface area (Å²) in [7, 11) is 1.45. The maximum Gasteiger partial charge on any atom is 0.335 e. The number of rotatable bonds is 5. The van der Waals surface area contributed by atoms with Gasteiger partial charge >= 0.3 is 5.97 Å². The fourth-order valence-electron chi connectivity index (χ4n) is 5.04. The third-order valence-electron chi connectivity index (χ3n) is 6.64. The van der Waals surface area contributed by atoms with Crippen molar-refractivity contribution in [1.29, 1.82) is 0 Å². The third kappa shape index (κ3) is 3.28. The van der Waals surface area contributed by atoms with Crippen molar-refractivity contribution in [1.82, 2.24) is 14.8 Å². The van der Waals surface area contributed by atoms with Crippen LogP contribution in [0.25, 0.3) is 27.5 Å². The molecule has 0 unspecified atom stereocenters. The van der Waals surface area contributed by atoms with Crippen LogP contribution < -0.4 is 4.74 Å². The zero-order valence-corrected chi connectivity index (χ0v) is 19.0. The number of nitrogens with one attached hydrogen (secondary N) is 1. The number of carboxylic acids is 1. The van der Waals surface area contributed by atoms with Gasteiger partial charge in [-0.2, -0.15) is 5.10 Å². The van der Waals surface area contributed by atoms with Gasteiger partial charge in [0.15, 0.2) is 17.2 Å². The van der Waals surface area contributed by atoms with Crippen molar-refractivity contribution in [3.63, 3.8) is 0 Å². The Morgan fingerprint density at radius 2 is 2.15 bits per heavy atom. The summed E-state index contributed by atoms with van der Waals surface area (Å²) in [6, 6.07) is 8.95. The Bertz CT molecular complexity index is 1390. The van der Waals surface area contributed by atoms with Crippen molar-refractivity contribution in [2.45, 2.75) is 44.6 Å². The second-order valence-corrected chi connectivity index (χ2v) is 9.18. The molecular weight excluding hydrogens is 425 g/mol. The molecule has 8 heteroatoms. The maximum absolute atomic E-state index is 14.2. The number of H-pyrrole nitrogens is 1. The highest BCUT2D eigenvalue weighted by atomic mass is 19.1. The lowest BCUT2D eigenvalue weighted by Gasteiger charge is -2.19. The number of aromatic nitrogens is 3. The molecule has 172 valence electrons. The SMILES string of the molecule is COc1cc(-n2c(C(C)C)c([C@@H]3CO[C@@](C)(C(=O)O)C3)c3cc4[nH]ncc4cc32)ccc1F. The summed E-state index contributed by atoms with van der Waals surface area (Å²) in [5, 5.41) is 18.9. The zero-order chi connectivity index (χ0) is 23.5. The Labute approximate surface area is 190 Å². The Hall–Kier alpha value is -3.39. The molecule has 0 spiro atoms. The van der Waals surface area contributed by atoms with E-state index in [0.29, 0.717) is 13.0 Å². The average molecular weight is 451 g/mol. The monoisotopic (exact) mass is 451 g/mol. The average Bonchev–Trinajstić information content (AvgIpc) is 3.48. The van der Waals surface area contributed by atoms with Crippen LogP contribution in [0.15, 0.2) is 36.5 Å². The van der Waals surface area contributed by atoms with Gasteiger partial charge in [0.2, 0.25) is 0 Å². The predicted molar refractivity (Wildman–Crippen MR) is 123 cm³/mol. The normalized spacial score (nSPS) is 20.8. The number of carbonyl (C=O) groups is 1. The topological polar surface area (TPSA) is 89.4 Å². The summed E-state index contributed by atoms with van der Waals surface area (Å²) in [6.07, 6.45) is 2.14. The standard InChI is InChI=1S/C25H26FN3O4/c1-13(2)23-22(15-10-25(3,24(30)31)33-12-15)17-9-19-14(11-27-28-19)7-20(17)29(23)16-5-6-18(26)21(8-16)32-4/h5-9,11,13,15H,10,12H2,1-4H3,(H,27,28)(H,30,31)/t15-,25+/m0/s1. The van der Waals surface area contributed by atoms with E-state index in [4.69, 9.17) is 9.47 Å². The first-order valence-electron chi connectivity index (χ1n) is 11.0. The lowest BCUT2D eigenvalue weighted by Crippen LogP contribution is -2.34. The molecule has 0 radical (unpaired) electrons. The fraction of sp³-hybridized carbons (Fsp3) is 0.360. The molecule has 1 aliphatic heterocycles. The second kappa shape index (κ2) is 7.59. The molecule has 2 aromatic carbocycles. The van der Waals surface area contributed by atoms with Gasteiger partial charge < -0.3 is 19.1 Å². The van der Waals surface area contributed by atoms with Crippen LogP contribution in [-0.2, 0) is 9.53 Å². The molecule has 1 aliphatic rings. The van der Waals surface area contributed by atoms with E-state index in [1.807, 2.05) is 0 Å². The number of methoxy groups -OCH3 is 1. The molecule has 33 heavy (non-hydrogen) atoms. The highest BCUT2D eigenvalue weighted by Gasteiger charge is 2.45. The van der Waals surface area contributed by atoms with Gasteiger partial charge in [0.25, 0.3) is 0 Å². The molecule has 5 rings (SSSR count). The minimum absolute atomic E-state index is 0.102. The summed E-state index contributed by atoms with van der Waals surface area (Å²) < 4.78 is 27.4. The summed E-state index contributed by atoms with van der Waals surface area (Å²) in [4.78, 5) is 11.9.